The first-order valence-corrected chi connectivity index (χ1v) is 8.74. The van der Waals surface area contributed by atoms with Crippen LogP contribution in [-0.2, 0) is 10.2 Å². The molecule has 1 aliphatic rings. The van der Waals surface area contributed by atoms with Crippen LogP contribution in [0.25, 0.3) is 0 Å². The van der Waals surface area contributed by atoms with Crippen molar-refractivity contribution in [3.8, 4) is 0 Å². The van der Waals surface area contributed by atoms with Crippen LogP contribution in [-0.4, -0.2) is 47.7 Å². The number of hydrogen-bond donors (Lipinski definition) is 0. The molecule has 1 amide bonds. The Bertz CT molecular complexity index is 704. The van der Waals surface area contributed by atoms with Crippen LogP contribution >= 0.6 is 0 Å². The highest BCUT2D eigenvalue weighted by molar-refractivity contribution is 5.80. The summed E-state index contributed by atoms with van der Waals surface area (Å²) in [4.78, 5) is 19.3. The van der Waals surface area contributed by atoms with E-state index in [4.69, 9.17) is 4.52 Å². The molecular weight excluding hydrogens is 322 g/mol. The highest BCUT2D eigenvalue weighted by atomic mass is 16.5. The van der Waals surface area contributed by atoms with E-state index in [0.29, 0.717) is 18.2 Å². The molecule has 25 heavy (non-hydrogen) atoms. The van der Waals surface area contributed by atoms with Crippen LogP contribution in [0.4, 0.5) is 0 Å². The lowest BCUT2D eigenvalue weighted by Crippen LogP contribution is -2.40. The molecule has 2 aromatic heterocycles. The number of carbonyl (C=O) groups is 1. The fourth-order valence-corrected chi connectivity index (χ4v) is 3.26. The predicted octanol–water partition coefficient (Wildman–Crippen LogP) is 2.06. The molecule has 3 rings (SSSR count). The molecule has 3 heterocycles. The second-order valence-electron chi connectivity index (χ2n) is 7.56. The maximum atomic E-state index is 13.3. The van der Waals surface area contributed by atoms with Gasteiger partial charge in [-0.05, 0) is 30.2 Å². The Kier molecular flexibility index (Phi) is 4.82. The number of hydrogen-bond acceptors (Lipinski definition) is 7. The van der Waals surface area contributed by atoms with E-state index < -0.39 is 6.04 Å². The molecule has 136 valence electrons. The van der Waals surface area contributed by atoms with Crippen LogP contribution in [0.15, 0.2) is 10.9 Å². The van der Waals surface area contributed by atoms with Gasteiger partial charge in [-0.2, -0.15) is 4.98 Å². The first kappa shape index (κ1) is 17.5. The minimum atomic E-state index is -0.489. The third-order valence-corrected chi connectivity index (χ3v) is 4.60. The molecule has 9 heteroatoms. The van der Waals surface area contributed by atoms with Crippen LogP contribution in [0.1, 0.15) is 77.1 Å². The monoisotopic (exact) mass is 347 g/mol. The van der Waals surface area contributed by atoms with Gasteiger partial charge >= 0.3 is 0 Å². The Labute approximate surface area is 146 Å². The molecule has 0 bridgehead atoms. The van der Waals surface area contributed by atoms with Gasteiger partial charge in [-0.15, -0.1) is 5.10 Å². The zero-order valence-corrected chi connectivity index (χ0v) is 15.2. The molecule has 1 saturated heterocycles. The van der Waals surface area contributed by atoms with Gasteiger partial charge < -0.3 is 9.42 Å². The molecule has 0 radical (unpaired) electrons. The second kappa shape index (κ2) is 6.89. The van der Waals surface area contributed by atoms with Gasteiger partial charge in [-0.25, -0.2) is 4.68 Å². The molecule has 1 aliphatic heterocycles. The molecular formula is C16H25N7O2. The molecule has 0 aliphatic carbocycles. The Balaban J connectivity index is 1.88. The van der Waals surface area contributed by atoms with Crippen molar-refractivity contribution in [1.29, 1.82) is 0 Å². The molecule has 2 aromatic rings. The summed E-state index contributed by atoms with van der Waals surface area (Å²) in [6.45, 7) is 8.60. The smallest absolute Gasteiger partial charge is 0.247 e. The maximum absolute atomic E-state index is 13.3. The van der Waals surface area contributed by atoms with Gasteiger partial charge in [0, 0.05) is 12.0 Å². The van der Waals surface area contributed by atoms with E-state index in [1.807, 2.05) is 32.6 Å². The number of likely N-dealkylation sites (tertiary alicyclic amines) is 1. The van der Waals surface area contributed by atoms with Gasteiger partial charge in [0.05, 0.1) is 6.04 Å². The van der Waals surface area contributed by atoms with Gasteiger partial charge in [0.25, 0.3) is 0 Å². The van der Waals surface area contributed by atoms with E-state index in [-0.39, 0.29) is 17.4 Å². The Hall–Kier alpha value is -2.32. The second-order valence-corrected chi connectivity index (χ2v) is 7.56. The maximum Gasteiger partial charge on any atom is 0.247 e. The van der Waals surface area contributed by atoms with Crippen molar-refractivity contribution in [3.63, 3.8) is 0 Å². The standard InChI is InChI=1S/C16H25N7O2/c1-11(23-15(16(2,3)4)18-20-21-23)14(24)22-9-7-5-6-8-12(22)13-17-10-25-19-13/h10-12H,5-9H2,1-4H3/t11-,12+/m1/s1. The predicted molar refractivity (Wildman–Crippen MR) is 88.4 cm³/mol. The summed E-state index contributed by atoms with van der Waals surface area (Å²) in [6, 6.07) is -0.650. The SMILES string of the molecule is C[C@H](C(=O)N1CCCCC[C@H]1c1ncon1)n1nnnc1C(C)(C)C. The largest absolute Gasteiger partial charge is 0.343 e. The van der Waals surface area contributed by atoms with Crippen LogP contribution < -0.4 is 0 Å². The van der Waals surface area contributed by atoms with E-state index in [1.54, 1.807) is 4.68 Å². The number of rotatable bonds is 3. The van der Waals surface area contributed by atoms with E-state index in [1.165, 1.54) is 6.39 Å². The number of carbonyl (C=O) groups excluding carboxylic acids is 1. The number of tetrazole rings is 1. The zero-order valence-electron chi connectivity index (χ0n) is 15.2. The van der Waals surface area contributed by atoms with Crippen molar-refractivity contribution < 1.29 is 9.32 Å². The first-order chi connectivity index (χ1) is 11.9. The third kappa shape index (κ3) is 3.54. The highest BCUT2D eigenvalue weighted by Gasteiger charge is 2.35. The van der Waals surface area contributed by atoms with Crippen molar-refractivity contribution in [3.05, 3.63) is 18.0 Å². The average Bonchev–Trinajstić information content (AvgIpc) is 3.21. The Morgan fingerprint density at radius 3 is 2.80 bits per heavy atom. The van der Waals surface area contributed by atoms with Crippen molar-refractivity contribution in [1.82, 2.24) is 35.2 Å². The van der Waals surface area contributed by atoms with Crippen LogP contribution in [0.5, 0.6) is 0 Å². The summed E-state index contributed by atoms with van der Waals surface area (Å²) in [6.07, 6.45) is 5.24. The summed E-state index contributed by atoms with van der Waals surface area (Å²) < 4.78 is 6.52. The number of aromatic nitrogens is 6. The lowest BCUT2D eigenvalue weighted by molar-refractivity contribution is -0.137. The molecule has 0 N–H and O–H groups in total. The van der Waals surface area contributed by atoms with Crippen molar-refractivity contribution >= 4 is 5.91 Å². The van der Waals surface area contributed by atoms with Crippen LogP contribution in [0.2, 0.25) is 0 Å². The first-order valence-electron chi connectivity index (χ1n) is 8.74. The fraction of sp³-hybridized carbons (Fsp3) is 0.750. The number of nitrogens with zero attached hydrogens (tertiary/aromatic N) is 7. The molecule has 9 nitrogen and oxygen atoms in total. The van der Waals surface area contributed by atoms with E-state index in [0.717, 1.165) is 25.7 Å². The van der Waals surface area contributed by atoms with Gasteiger partial charge in [0.1, 0.15) is 6.04 Å². The van der Waals surface area contributed by atoms with Gasteiger partial charge in [0.15, 0.2) is 11.6 Å². The summed E-state index contributed by atoms with van der Waals surface area (Å²) in [5, 5.41) is 15.9. The highest BCUT2D eigenvalue weighted by Crippen LogP contribution is 2.31. The zero-order chi connectivity index (χ0) is 18.0. The Morgan fingerprint density at radius 1 is 1.32 bits per heavy atom. The third-order valence-electron chi connectivity index (χ3n) is 4.60. The summed E-state index contributed by atoms with van der Waals surface area (Å²) in [7, 11) is 0. The molecule has 2 atom stereocenters. The summed E-state index contributed by atoms with van der Waals surface area (Å²) >= 11 is 0. The van der Waals surface area contributed by atoms with E-state index in [2.05, 4.69) is 25.7 Å². The Morgan fingerprint density at radius 2 is 2.12 bits per heavy atom. The summed E-state index contributed by atoms with van der Waals surface area (Å²) in [5.74, 6) is 1.24. The van der Waals surface area contributed by atoms with Crippen molar-refractivity contribution in [2.45, 2.75) is 70.9 Å². The topological polar surface area (TPSA) is 103 Å². The van der Waals surface area contributed by atoms with Gasteiger partial charge in [-0.1, -0.05) is 38.8 Å². The van der Waals surface area contributed by atoms with Crippen molar-refractivity contribution in [2.75, 3.05) is 6.54 Å². The number of amides is 1. The molecule has 0 unspecified atom stereocenters. The molecule has 0 saturated carbocycles. The normalized spacial score (nSPS) is 20.3. The minimum Gasteiger partial charge on any atom is -0.343 e. The minimum absolute atomic E-state index is 0.0190. The fourth-order valence-electron chi connectivity index (χ4n) is 3.26. The average molecular weight is 347 g/mol. The van der Waals surface area contributed by atoms with Crippen molar-refractivity contribution in [2.24, 2.45) is 0 Å². The molecule has 0 spiro atoms. The lowest BCUT2D eigenvalue weighted by Gasteiger charge is -2.31. The van der Waals surface area contributed by atoms with Crippen LogP contribution in [0, 0.1) is 0 Å². The van der Waals surface area contributed by atoms with Gasteiger partial charge in [0.2, 0.25) is 12.3 Å². The summed E-state index contributed by atoms with van der Waals surface area (Å²) in [5.41, 5.74) is -0.246. The van der Waals surface area contributed by atoms with E-state index >= 15 is 0 Å². The molecule has 1 fully saturated rings. The van der Waals surface area contributed by atoms with Gasteiger partial charge in [-0.3, -0.25) is 4.79 Å². The van der Waals surface area contributed by atoms with Crippen LogP contribution in [0.3, 0.4) is 0 Å². The molecule has 0 aromatic carbocycles. The quantitative estimate of drug-likeness (QED) is 0.837. The lowest BCUT2D eigenvalue weighted by atomic mass is 9.95. The van der Waals surface area contributed by atoms with E-state index in [9.17, 15) is 4.79 Å².